The summed E-state index contributed by atoms with van der Waals surface area (Å²) < 4.78 is 59.7. The predicted octanol–water partition coefficient (Wildman–Crippen LogP) is 7.09. The van der Waals surface area contributed by atoms with E-state index in [1.165, 1.54) is 11.8 Å². The summed E-state index contributed by atoms with van der Waals surface area (Å²) in [5, 5.41) is 0. The number of hydrogen-bond donors (Lipinski definition) is 0. The van der Waals surface area contributed by atoms with Crippen molar-refractivity contribution in [1.29, 1.82) is 0 Å². The molecule has 0 aliphatic carbocycles. The zero-order valence-corrected chi connectivity index (χ0v) is 17.9. The van der Waals surface area contributed by atoms with Gasteiger partial charge >= 0.3 is 12.3 Å². The highest BCUT2D eigenvalue weighted by Crippen LogP contribution is 2.38. The monoisotopic (exact) mass is 425 g/mol. The van der Waals surface area contributed by atoms with Gasteiger partial charge in [0.25, 0.3) is 0 Å². The number of benzene rings is 1. The number of rotatable bonds is 4. The van der Waals surface area contributed by atoms with Crippen molar-refractivity contribution in [2.75, 3.05) is 0 Å². The number of amides is 1. The van der Waals surface area contributed by atoms with Crippen molar-refractivity contribution in [2.45, 2.75) is 65.9 Å². The van der Waals surface area contributed by atoms with Crippen molar-refractivity contribution < 1.29 is 27.1 Å². The molecule has 1 aliphatic heterocycles. The molecule has 7 heteroatoms. The fourth-order valence-electron chi connectivity index (χ4n) is 3.14. The molecule has 0 unspecified atom stereocenters. The highest BCUT2D eigenvalue weighted by atomic mass is 19.4. The number of alkyl halides is 3. The second-order valence-electron chi connectivity index (χ2n) is 8.18. The Morgan fingerprint density at radius 2 is 1.77 bits per heavy atom. The summed E-state index contributed by atoms with van der Waals surface area (Å²) >= 11 is 0. The van der Waals surface area contributed by atoms with E-state index in [9.17, 15) is 22.4 Å². The van der Waals surface area contributed by atoms with Crippen LogP contribution in [0.25, 0.3) is 5.57 Å². The van der Waals surface area contributed by atoms with Crippen molar-refractivity contribution in [1.82, 2.24) is 4.90 Å². The molecule has 164 valence electrons. The molecule has 0 N–H and O–H groups in total. The lowest BCUT2D eigenvalue weighted by Crippen LogP contribution is -2.33. The number of hydrogen-bond acceptors (Lipinski definition) is 2. The smallest absolute Gasteiger partial charge is 0.416 e. The van der Waals surface area contributed by atoms with Crippen LogP contribution in [0, 0.1) is 0 Å². The Bertz CT molecular complexity index is 885. The minimum absolute atomic E-state index is 0.111. The molecule has 0 fully saturated rings. The van der Waals surface area contributed by atoms with Crippen LogP contribution in [0.4, 0.5) is 22.4 Å². The molecule has 1 amide bonds. The molecule has 0 spiro atoms. The van der Waals surface area contributed by atoms with Gasteiger partial charge in [-0.15, -0.1) is 0 Å². The highest BCUT2D eigenvalue weighted by Gasteiger charge is 2.36. The standard InChI is InChI=1S/C23H27F4NO2/c1-6-7-20(23(25,26)27)19(11-8-15(2)24)16-9-10-17-13-28(14-18(17)12-16)21(29)30-22(3,4)5/h7-12H,6,13-14H2,1-5H3/b15-8+,19-11-,20-7-. The Hall–Kier alpha value is -2.57. The van der Waals surface area contributed by atoms with Crippen LogP contribution in [0.1, 0.15) is 57.7 Å². The normalized spacial score (nSPS) is 16.0. The molecule has 2 rings (SSSR count). The molecule has 0 atom stereocenters. The number of nitrogens with zero attached hydrogens (tertiary/aromatic N) is 1. The van der Waals surface area contributed by atoms with Crippen LogP contribution in [0.3, 0.4) is 0 Å². The zero-order valence-electron chi connectivity index (χ0n) is 17.9. The first kappa shape index (κ1) is 23.7. The number of halogens is 4. The highest BCUT2D eigenvalue weighted by molar-refractivity contribution is 5.82. The lowest BCUT2D eigenvalue weighted by molar-refractivity contribution is -0.0873. The Morgan fingerprint density at radius 3 is 2.30 bits per heavy atom. The Kier molecular flexibility index (Phi) is 7.16. The van der Waals surface area contributed by atoms with Gasteiger partial charge < -0.3 is 4.74 Å². The van der Waals surface area contributed by atoms with Gasteiger partial charge in [0.2, 0.25) is 0 Å². The second kappa shape index (κ2) is 9.06. The molecule has 0 saturated carbocycles. The van der Waals surface area contributed by atoms with Gasteiger partial charge in [-0.1, -0.05) is 31.2 Å². The van der Waals surface area contributed by atoms with E-state index in [0.29, 0.717) is 12.1 Å². The van der Waals surface area contributed by atoms with Gasteiger partial charge in [0.05, 0.1) is 11.4 Å². The van der Waals surface area contributed by atoms with Gasteiger partial charge in [0.15, 0.2) is 0 Å². The fourth-order valence-corrected chi connectivity index (χ4v) is 3.14. The quantitative estimate of drug-likeness (QED) is 0.381. The minimum atomic E-state index is -4.58. The fraction of sp³-hybridized carbons (Fsp3) is 0.435. The molecule has 1 aliphatic rings. The summed E-state index contributed by atoms with van der Waals surface area (Å²) in [5.41, 5.74) is 0.326. The average Bonchev–Trinajstić information content (AvgIpc) is 3.02. The maximum Gasteiger partial charge on any atom is 0.416 e. The maximum atomic E-state index is 13.7. The van der Waals surface area contributed by atoms with Crippen LogP contribution in [0.15, 0.2) is 47.8 Å². The maximum absolute atomic E-state index is 13.7. The van der Waals surface area contributed by atoms with Crippen LogP contribution in [0.2, 0.25) is 0 Å². The van der Waals surface area contributed by atoms with Crippen molar-refractivity contribution in [2.24, 2.45) is 0 Å². The van der Waals surface area contributed by atoms with Gasteiger partial charge in [-0.05, 0) is 68.5 Å². The third-order valence-corrected chi connectivity index (χ3v) is 4.37. The molecule has 0 bridgehead atoms. The van der Waals surface area contributed by atoms with E-state index < -0.39 is 29.3 Å². The van der Waals surface area contributed by atoms with Crippen molar-refractivity contribution >= 4 is 11.7 Å². The van der Waals surface area contributed by atoms with Gasteiger partial charge in [0, 0.05) is 13.1 Å². The van der Waals surface area contributed by atoms with Crippen LogP contribution < -0.4 is 0 Å². The van der Waals surface area contributed by atoms with Crippen molar-refractivity contribution in [3.8, 4) is 0 Å². The Balaban J connectivity index is 2.42. The van der Waals surface area contributed by atoms with Crippen molar-refractivity contribution in [3.63, 3.8) is 0 Å². The molecule has 0 aromatic heterocycles. The average molecular weight is 425 g/mol. The van der Waals surface area contributed by atoms with E-state index in [2.05, 4.69) is 0 Å². The van der Waals surface area contributed by atoms with Gasteiger partial charge in [-0.2, -0.15) is 13.2 Å². The van der Waals surface area contributed by atoms with E-state index in [0.717, 1.165) is 29.4 Å². The summed E-state index contributed by atoms with van der Waals surface area (Å²) in [5.74, 6) is -0.595. The summed E-state index contributed by atoms with van der Waals surface area (Å²) in [6, 6.07) is 4.90. The van der Waals surface area contributed by atoms with Crippen LogP contribution in [-0.4, -0.2) is 22.8 Å². The summed E-state index contributed by atoms with van der Waals surface area (Å²) in [7, 11) is 0. The SMILES string of the molecule is CC/C=C(/C(=C\C=C(/C)F)c1ccc2c(c1)CN(C(=O)OC(C)(C)C)C2)C(F)(F)F. The first-order chi connectivity index (χ1) is 13.8. The predicted molar refractivity (Wildman–Crippen MR) is 109 cm³/mol. The van der Waals surface area contributed by atoms with E-state index >= 15 is 0 Å². The van der Waals surface area contributed by atoms with Crippen LogP contribution in [0.5, 0.6) is 0 Å². The topological polar surface area (TPSA) is 29.5 Å². The van der Waals surface area contributed by atoms with Gasteiger partial charge in [0.1, 0.15) is 5.60 Å². The largest absolute Gasteiger partial charge is 0.444 e. The van der Waals surface area contributed by atoms with E-state index in [1.807, 2.05) is 0 Å². The Morgan fingerprint density at radius 1 is 1.13 bits per heavy atom. The molecular formula is C23H27F4NO2. The van der Waals surface area contributed by atoms with Gasteiger partial charge in [-0.25, -0.2) is 9.18 Å². The molecule has 30 heavy (non-hydrogen) atoms. The molecule has 1 aromatic rings. The zero-order chi connectivity index (χ0) is 22.7. The molecule has 3 nitrogen and oxygen atoms in total. The summed E-state index contributed by atoms with van der Waals surface area (Å²) in [6.07, 6.45) is -1.62. The molecular weight excluding hydrogens is 398 g/mol. The number of allylic oxidation sites excluding steroid dienone is 6. The van der Waals surface area contributed by atoms with Crippen LogP contribution in [-0.2, 0) is 17.8 Å². The first-order valence-electron chi connectivity index (χ1n) is 9.73. The lowest BCUT2D eigenvalue weighted by Gasteiger charge is -2.24. The van der Waals surface area contributed by atoms with Gasteiger partial charge in [-0.3, -0.25) is 4.90 Å². The number of carbonyl (C=O) groups excluding carboxylic acids is 1. The third-order valence-electron chi connectivity index (χ3n) is 4.37. The lowest BCUT2D eigenvalue weighted by atomic mass is 9.93. The van der Waals surface area contributed by atoms with E-state index in [1.54, 1.807) is 45.9 Å². The van der Waals surface area contributed by atoms with E-state index in [-0.39, 0.29) is 18.5 Å². The molecule has 1 heterocycles. The van der Waals surface area contributed by atoms with E-state index in [4.69, 9.17) is 4.74 Å². The summed E-state index contributed by atoms with van der Waals surface area (Å²) in [6.45, 7) is 8.65. The Labute approximate surface area is 174 Å². The molecule has 1 aromatic carbocycles. The molecule has 0 saturated heterocycles. The number of carbonyl (C=O) groups is 1. The first-order valence-corrected chi connectivity index (χ1v) is 9.73. The number of fused-ring (bicyclic) bond motifs is 1. The second-order valence-corrected chi connectivity index (χ2v) is 8.18. The van der Waals surface area contributed by atoms with Crippen molar-refractivity contribution in [3.05, 3.63) is 64.5 Å². The third kappa shape index (κ3) is 6.21. The summed E-state index contributed by atoms with van der Waals surface area (Å²) in [4.78, 5) is 13.8. The number of ether oxygens (including phenoxy) is 1. The minimum Gasteiger partial charge on any atom is -0.444 e. The van der Waals surface area contributed by atoms with Crippen LogP contribution >= 0.6 is 0 Å². The molecule has 0 radical (unpaired) electrons.